The number of hydrogen-bond donors (Lipinski definition) is 2. The molecule has 1 saturated heterocycles. The number of nitrogens with zero attached hydrogens (tertiary/aromatic N) is 1. The van der Waals surface area contributed by atoms with E-state index in [1.54, 1.807) is 11.8 Å². The highest BCUT2D eigenvalue weighted by atomic mass is 19.2. The molecule has 0 spiro atoms. The molecule has 1 fully saturated rings. The van der Waals surface area contributed by atoms with Gasteiger partial charge in [0.1, 0.15) is 0 Å². The molecule has 2 N–H and O–H groups in total. The highest BCUT2D eigenvalue weighted by molar-refractivity contribution is 5.74. The van der Waals surface area contributed by atoms with E-state index in [4.69, 9.17) is 9.84 Å². The number of halogens is 2. The van der Waals surface area contributed by atoms with E-state index in [2.05, 4.69) is 5.32 Å². The van der Waals surface area contributed by atoms with Crippen molar-refractivity contribution < 1.29 is 23.4 Å². The first kappa shape index (κ1) is 17.6. The van der Waals surface area contributed by atoms with Crippen molar-refractivity contribution in [2.75, 3.05) is 26.3 Å². The fraction of sp³-hybridized carbons (Fsp3) is 0.562. The molecule has 128 valence electrons. The Morgan fingerprint density at radius 3 is 3.04 bits per heavy atom. The van der Waals surface area contributed by atoms with Crippen LogP contribution in [0.3, 0.4) is 0 Å². The van der Waals surface area contributed by atoms with E-state index in [0.717, 1.165) is 18.9 Å². The molecule has 1 aliphatic rings. The molecule has 2 rings (SSSR count). The van der Waals surface area contributed by atoms with Crippen molar-refractivity contribution in [3.05, 3.63) is 35.4 Å². The first-order chi connectivity index (χ1) is 11.0. The van der Waals surface area contributed by atoms with Crippen LogP contribution < -0.4 is 5.32 Å². The first-order valence-corrected chi connectivity index (χ1v) is 7.74. The molecule has 1 heterocycles. The van der Waals surface area contributed by atoms with Crippen molar-refractivity contribution in [3.63, 3.8) is 0 Å². The molecular formula is C16H22F2N2O3. The van der Waals surface area contributed by atoms with Crippen LogP contribution in [-0.2, 0) is 4.74 Å². The second kappa shape index (κ2) is 8.21. The fourth-order valence-electron chi connectivity index (χ4n) is 2.69. The van der Waals surface area contributed by atoms with Gasteiger partial charge in [0.2, 0.25) is 0 Å². The van der Waals surface area contributed by atoms with Gasteiger partial charge in [-0.1, -0.05) is 12.1 Å². The molecule has 2 atom stereocenters. The molecule has 2 amide bonds. The summed E-state index contributed by atoms with van der Waals surface area (Å²) in [5.74, 6) is -1.87. The number of aliphatic hydroxyl groups is 1. The quantitative estimate of drug-likeness (QED) is 0.871. The van der Waals surface area contributed by atoms with Crippen LogP contribution in [0.15, 0.2) is 18.2 Å². The van der Waals surface area contributed by atoms with Gasteiger partial charge in [0, 0.05) is 18.7 Å². The number of benzene rings is 1. The highest BCUT2D eigenvalue weighted by Gasteiger charge is 2.25. The smallest absolute Gasteiger partial charge is 0.317 e. The van der Waals surface area contributed by atoms with Crippen molar-refractivity contribution in [2.45, 2.75) is 31.9 Å². The summed E-state index contributed by atoms with van der Waals surface area (Å²) in [5, 5.41) is 11.5. The Labute approximate surface area is 134 Å². The third kappa shape index (κ3) is 4.62. The molecular weight excluding hydrogens is 306 g/mol. The van der Waals surface area contributed by atoms with E-state index < -0.39 is 17.7 Å². The van der Waals surface area contributed by atoms with Gasteiger partial charge in [-0.25, -0.2) is 13.6 Å². The molecule has 5 nitrogen and oxygen atoms in total. The van der Waals surface area contributed by atoms with Gasteiger partial charge in [0.05, 0.1) is 25.4 Å². The molecule has 1 aromatic rings. The number of rotatable bonds is 5. The number of nitrogens with one attached hydrogen (secondary N) is 1. The molecule has 1 aromatic carbocycles. The number of likely N-dealkylation sites (tertiary alicyclic amines) is 1. The second-order valence-electron chi connectivity index (χ2n) is 5.62. The Kier molecular flexibility index (Phi) is 6.29. The van der Waals surface area contributed by atoms with Crippen LogP contribution in [0.4, 0.5) is 13.6 Å². The summed E-state index contributed by atoms with van der Waals surface area (Å²) in [5.41, 5.74) is 0.114. The van der Waals surface area contributed by atoms with E-state index in [1.807, 2.05) is 0 Å². The molecule has 7 heteroatoms. The molecule has 0 aliphatic carbocycles. The zero-order valence-electron chi connectivity index (χ0n) is 13.1. The zero-order chi connectivity index (χ0) is 16.8. The van der Waals surface area contributed by atoms with Gasteiger partial charge < -0.3 is 20.1 Å². The number of ether oxygens (including phenoxy) is 1. The lowest BCUT2D eigenvalue weighted by atomic mass is 10.1. The average molecular weight is 328 g/mol. The fourth-order valence-corrected chi connectivity index (χ4v) is 2.69. The van der Waals surface area contributed by atoms with Crippen molar-refractivity contribution in [1.29, 1.82) is 0 Å². The third-order valence-corrected chi connectivity index (χ3v) is 3.90. The average Bonchev–Trinajstić information content (AvgIpc) is 2.55. The van der Waals surface area contributed by atoms with Gasteiger partial charge in [-0.15, -0.1) is 0 Å². The molecule has 0 bridgehead atoms. The SMILES string of the molecule is CC(NC(=O)N1CCCC(OCCO)C1)c1cccc(F)c1F. The van der Waals surface area contributed by atoms with Crippen LogP contribution in [0.1, 0.15) is 31.4 Å². The van der Waals surface area contributed by atoms with E-state index in [1.165, 1.54) is 12.1 Å². The largest absolute Gasteiger partial charge is 0.394 e. The minimum atomic E-state index is -0.942. The van der Waals surface area contributed by atoms with E-state index in [9.17, 15) is 13.6 Å². The van der Waals surface area contributed by atoms with Gasteiger partial charge >= 0.3 is 6.03 Å². The molecule has 0 saturated carbocycles. The Hall–Kier alpha value is -1.73. The summed E-state index contributed by atoms with van der Waals surface area (Å²) >= 11 is 0. The Balaban J connectivity index is 1.94. The molecule has 23 heavy (non-hydrogen) atoms. The summed E-state index contributed by atoms with van der Waals surface area (Å²) in [6.45, 7) is 2.80. The van der Waals surface area contributed by atoms with Crippen LogP contribution in [0.25, 0.3) is 0 Å². The lowest BCUT2D eigenvalue weighted by molar-refractivity contribution is -0.00597. The summed E-state index contributed by atoms with van der Waals surface area (Å²) in [7, 11) is 0. The van der Waals surface area contributed by atoms with Gasteiger partial charge in [-0.05, 0) is 25.8 Å². The second-order valence-corrected chi connectivity index (χ2v) is 5.62. The number of amides is 2. The maximum Gasteiger partial charge on any atom is 0.317 e. The number of aliphatic hydroxyl groups excluding tert-OH is 1. The Morgan fingerprint density at radius 1 is 1.52 bits per heavy atom. The van der Waals surface area contributed by atoms with Crippen LogP contribution in [0.5, 0.6) is 0 Å². The summed E-state index contributed by atoms with van der Waals surface area (Å²) < 4.78 is 32.5. The zero-order valence-corrected chi connectivity index (χ0v) is 13.1. The van der Waals surface area contributed by atoms with Crippen LogP contribution in [0, 0.1) is 11.6 Å². The molecule has 1 aliphatic heterocycles. The van der Waals surface area contributed by atoms with Crippen molar-refractivity contribution in [1.82, 2.24) is 10.2 Å². The van der Waals surface area contributed by atoms with E-state index in [-0.39, 0.29) is 30.9 Å². The topological polar surface area (TPSA) is 61.8 Å². The van der Waals surface area contributed by atoms with Gasteiger partial charge in [0.25, 0.3) is 0 Å². The maximum atomic E-state index is 13.8. The number of piperidine rings is 1. The summed E-state index contributed by atoms with van der Waals surface area (Å²) in [6, 6.07) is 2.93. The number of carbonyl (C=O) groups excluding carboxylic acids is 1. The third-order valence-electron chi connectivity index (χ3n) is 3.90. The van der Waals surface area contributed by atoms with Crippen molar-refractivity contribution in [2.24, 2.45) is 0 Å². The number of carbonyl (C=O) groups is 1. The lowest BCUT2D eigenvalue weighted by Gasteiger charge is -2.33. The van der Waals surface area contributed by atoms with E-state index in [0.29, 0.717) is 13.1 Å². The summed E-state index contributed by atoms with van der Waals surface area (Å²) in [6.07, 6.45) is 1.52. The van der Waals surface area contributed by atoms with Gasteiger partial charge in [0.15, 0.2) is 11.6 Å². The van der Waals surface area contributed by atoms with Crippen molar-refractivity contribution >= 4 is 6.03 Å². The molecule has 2 unspecified atom stereocenters. The normalized spacial score (nSPS) is 19.5. The standard InChI is InChI=1S/C16H22F2N2O3/c1-11(13-5-2-6-14(17)15(13)18)19-16(22)20-7-3-4-12(10-20)23-9-8-21/h2,5-6,11-12,21H,3-4,7-10H2,1H3,(H,19,22). The molecule has 0 aromatic heterocycles. The van der Waals surface area contributed by atoms with Crippen LogP contribution >= 0.6 is 0 Å². The Morgan fingerprint density at radius 2 is 2.30 bits per heavy atom. The number of hydrogen-bond acceptors (Lipinski definition) is 3. The lowest BCUT2D eigenvalue weighted by Crippen LogP contribution is -2.48. The summed E-state index contributed by atoms with van der Waals surface area (Å²) in [4.78, 5) is 13.9. The first-order valence-electron chi connectivity index (χ1n) is 7.74. The minimum absolute atomic E-state index is 0.0570. The monoisotopic (exact) mass is 328 g/mol. The van der Waals surface area contributed by atoms with Crippen LogP contribution in [0.2, 0.25) is 0 Å². The van der Waals surface area contributed by atoms with Gasteiger partial charge in [-0.2, -0.15) is 0 Å². The van der Waals surface area contributed by atoms with Crippen LogP contribution in [-0.4, -0.2) is 48.4 Å². The van der Waals surface area contributed by atoms with Gasteiger partial charge in [-0.3, -0.25) is 0 Å². The van der Waals surface area contributed by atoms with E-state index >= 15 is 0 Å². The maximum absolute atomic E-state index is 13.8. The number of urea groups is 1. The Bertz CT molecular complexity index is 542. The van der Waals surface area contributed by atoms with Crippen molar-refractivity contribution in [3.8, 4) is 0 Å². The highest BCUT2D eigenvalue weighted by Crippen LogP contribution is 2.20. The minimum Gasteiger partial charge on any atom is -0.394 e. The molecule has 0 radical (unpaired) electrons. The predicted octanol–water partition coefficient (Wildman–Crippen LogP) is 2.21. The predicted molar refractivity (Wildman–Crippen MR) is 80.9 cm³/mol.